The van der Waals surface area contributed by atoms with Gasteiger partial charge < -0.3 is 10.4 Å². The molecule has 6 heteroatoms. The van der Waals surface area contributed by atoms with Crippen LogP contribution in [0.5, 0.6) is 0 Å². The molecule has 3 aromatic rings. The molecule has 0 radical (unpaired) electrons. The van der Waals surface area contributed by atoms with Crippen molar-refractivity contribution in [1.82, 2.24) is 14.8 Å². The summed E-state index contributed by atoms with van der Waals surface area (Å²) in [4.78, 5) is 4.63. The highest BCUT2D eigenvalue weighted by Gasteiger charge is 2.32. The van der Waals surface area contributed by atoms with E-state index in [1.54, 1.807) is 0 Å². The average molecular weight is 451 g/mol. The van der Waals surface area contributed by atoms with Gasteiger partial charge in [0.2, 0.25) is 0 Å². The molecule has 0 aliphatic carbocycles. The van der Waals surface area contributed by atoms with Gasteiger partial charge in [-0.2, -0.15) is 5.10 Å². The van der Waals surface area contributed by atoms with E-state index in [1.807, 2.05) is 50.0 Å². The molecule has 0 saturated heterocycles. The molecule has 1 aliphatic rings. The molecule has 2 aromatic heterocycles. The summed E-state index contributed by atoms with van der Waals surface area (Å²) in [6, 6.07) is 13.2. The van der Waals surface area contributed by atoms with Crippen molar-refractivity contribution < 1.29 is 5.11 Å². The first-order valence-electron chi connectivity index (χ1n) is 11.5. The Balaban J connectivity index is 1.79. The first-order chi connectivity index (χ1) is 15.3. The topological polar surface area (TPSA) is 63.0 Å². The van der Waals surface area contributed by atoms with Gasteiger partial charge in [0.05, 0.1) is 16.5 Å². The average Bonchev–Trinajstić information content (AvgIpc) is 3.02. The first kappa shape index (κ1) is 22.9. The van der Waals surface area contributed by atoms with Crippen LogP contribution in [-0.2, 0) is 13.0 Å². The number of aryl methyl sites for hydroxylation is 3. The van der Waals surface area contributed by atoms with Gasteiger partial charge in [-0.25, -0.2) is 4.68 Å². The van der Waals surface area contributed by atoms with Crippen molar-refractivity contribution in [1.29, 1.82) is 0 Å². The maximum Gasteiger partial charge on any atom is 0.129 e. The van der Waals surface area contributed by atoms with E-state index in [2.05, 4.69) is 54.0 Å². The predicted molar refractivity (Wildman–Crippen MR) is 134 cm³/mol. The number of thioether (sulfide) groups is 1. The molecule has 4 rings (SSSR count). The fourth-order valence-corrected chi connectivity index (χ4v) is 5.68. The van der Waals surface area contributed by atoms with Crippen molar-refractivity contribution in [3.05, 3.63) is 64.8 Å². The summed E-state index contributed by atoms with van der Waals surface area (Å²) in [5.41, 5.74) is 6.34. The van der Waals surface area contributed by atoms with E-state index in [1.165, 1.54) is 22.3 Å². The SMILES string of the molecule is CCn1nc(-c2ccccn2)c2c1N[C@@H](C)CS[C@@H]2c1ccc(CCC(C)(C)O)cc1C. The Morgan fingerprint density at radius 2 is 2.06 bits per heavy atom. The van der Waals surface area contributed by atoms with Crippen LogP contribution in [0.3, 0.4) is 0 Å². The molecule has 0 fully saturated rings. The Morgan fingerprint density at radius 1 is 1.25 bits per heavy atom. The number of anilines is 1. The molecule has 5 nitrogen and oxygen atoms in total. The number of aromatic nitrogens is 3. The first-order valence-corrected chi connectivity index (χ1v) is 12.5. The Hall–Kier alpha value is -2.31. The van der Waals surface area contributed by atoms with Crippen LogP contribution in [0.4, 0.5) is 5.82 Å². The van der Waals surface area contributed by atoms with Crippen LogP contribution in [0.2, 0.25) is 0 Å². The molecule has 0 unspecified atom stereocenters. The van der Waals surface area contributed by atoms with Gasteiger partial charge >= 0.3 is 0 Å². The summed E-state index contributed by atoms with van der Waals surface area (Å²) >= 11 is 1.97. The molecular weight excluding hydrogens is 416 g/mol. The van der Waals surface area contributed by atoms with Gasteiger partial charge in [-0.05, 0) is 76.3 Å². The number of nitrogens with one attached hydrogen (secondary N) is 1. The zero-order valence-electron chi connectivity index (χ0n) is 19.7. The van der Waals surface area contributed by atoms with E-state index >= 15 is 0 Å². The van der Waals surface area contributed by atoms with Gasteiger partial charge in [0.1, 0.15) is 11.5 Å². The van der Waals surface area contributed by atoms with Crippen LogP contribution in [-0.4, -0.2) is 37.3 Å². The Bertz CT molecular complexity index is 1070. The van der Waals surface area contributed by atoms with Gasteiger partial charge in [-0.3, -0.25) is 4.98 Å². The maximum absolute atomic E-state index is 10.1. The minimum atomic E-state index is -0.646. The zero-order chi connectivity index (χ0) is 22.9. The lowest BCUT2D eigenvalue weighted by Gasteiger charge is -2.20. The Labute approximate surface area is 195 Å². The minimum absolute atomic E-state index is 0.183. The van der Waals surface area contributed by atoms with E-state index in [0.29, 0.717) is 6.04 Å². The Kier molecular flexibility index (Phi) is 6.63. The van der Waals surface area contributed by atoms with E-state index in [4.69, 9.17) is 5.10 Å². The second-order valence-electron chi connectivity index (χ2n) is 9.40. The summed E-state index contributed by atoms with van der Waals surface area (Å²) in [6.45, 7) is 11.1. The van der Waals surface area contributed by atoms with Gasteiger partial charge in [0, 0.05) is 30.1 Å². The van der Waals surface area contributed by atoms with Crippen LogP contribution < -0.4 is 5.32 Å². The fourth-order valence-electron chi connectivity index (χ4n) is 4.28. The third-order valence-electron chi connectivity index (χ3n) is 6.00. The number of hydrogen-bond acceptors (Lipinski definition) is 5. The van der Waals surface area contributed by atoms with Crippen molar-refractivity contribution in [3.8, 4) is 11.4 Å². The smallest absolute Gasteiger partial charge is 0.129 e. The van der Waals surface area contributed by atoms with Crippen LogP contribution in [0.15, 0.2) is 42.6 Å². The summed E-state index contributed by atoms with van der Waals surface area (Å²) in [7, 11) is 0. The molecule has 32 heavy (non-hydrogen) atoms. The number of pyridine rings is 1. The number of hydrogen-bond donors (Lipinski definition) is 2. The minimum Gasteiger partial charge on any atom is -0.390 e. The van der Waals surface area contributed by atoms with Crippen LogP contribution in [0.25, 0.3) is 11.4 Å². The standard InChI is InChI=1S/C26H34N4OS/c1-6-30-25-22(23(29-30)21-9-7-8-14-27-21)24(32-16-18(3)28-25)20-11-10-19(15-17(20)2)12-13-26(4,5)31/h7-11,14-15,18,24,28,31H,6,12-13,16H2,1-5H3/t18-,24+/m0/s1. The molecule has 3 heterocycles. The van der Waals surface area contributed by atoms with Crippen molar-refractivity contribution >= 4 is 17.6 Å². The highest BCUT2D eigenvalue weighted by molar-refractivity contribution is 7.99. The zero-order valence-corrected chi connectivity index (χ0v) is 20.5. The van der Waals surface area contributed by atoms with E-state index < -0.39 is 5.60 Å². The molecule has 0 amide bonds. The molecular formula is C26H34N4OS. The quantitative estimate of drug-likeness (QED) is 0.511. The highest BCUT2D eigenvalue weighted by atomic mass is 32.2. The van der Waals surface area contributed by atoms with E-state index in [0.717, 1.165) is 42.3 Å². The highest BCUT2D eigenvalue weighted by Crippen LogP contribution is 2.47. The third-order valence-corrected chi connectivity index (χ3v) is 7.51. The van der Waals surface area contributed by atoms with Gasteiger partial charge in [0.25, 0.3) is 0 Å². The lowest BCUT2D eigenvalue weighted by atomic mass is 9.93. The summed E-state index contributed by atoms with van der Waals surface area (Å²) < 4.78 is 2.09. The van der Waals surface area contributed by atoms with Crippen LogP contribution in [0.1, 0.15) is 61.6 Å². The summed E-state index contributed by atoms with van der Waals surface area (Å²) in [6.07, 6.45) is 3.46. The lowest BCUT2D eigenvalue weighted by Crippen LogP contribution is -2.19. The fraction of sp³-hybridized carbons (Fsp3) is 0.462. The Morgan fingerprint density at radius 3 is 2.72 bits per heavy atom. The molecule has 170 valence electrons. The molecule has 2 atom stereocenters. The number of nitrogens with zero attached hydrogens (tertiary/aromatic N) is 3. The summed E-state index contributed by atoms with van der Waals surface area (Å²) in [5, 5.41) is 19.0. The molecule has 1 aliphatic heterocycles. The maximum atomic E-state index is 10.1. The number of aliphatic hydroxyl groups is 1. The second-order valence-corrected chi connectivity index (χ2v) is 10.5. The van der Waals surface area contributed by atoms with Gasteiger partial charge in [-0.15, -0.1) is 11.8 Å². The van der Waals surface area contributed by atoms with Crippen molar-refractivity contribution in [2.45, 2.75) is 70.9 Å². The van der Waals surface area contributed by atoms with Crippen molar-refractivity contribution in [3.63, 3.8) is 0 Å². The molecule has 1 aromatic carbocycles. The second kappa shape index (κ2) is 9.28. The van der Waals surface area contributed by atoms with Crippen molar-refractivity contribution in [2.75, 3.05) is 11.1 Å². The number of fused-ring (bicyclic) bond motifs is 1. The van der Waals surface area contributed by atoms with E-state index in [-0.39, 0.29) is 5.25 Å². The monoisotopic (exact) mass is 450 g/mol. The lowest BCUT2D eigenvalue weighted by molar-refractivity contribution is 0.0714. The molecule has 0 saturated carbocycles. The number of rotatable bonds is 6. The van der Waals surface area contributed by atoms with Crippen molar-refractivity contribution in [2.24, 2.45) is 0 Å². The molecule has 0 bridgehead atoms. The number of benzene rings is 1. The van der Waals surface area contributed by atoms with Gasteiger partial charge in [-0.1, -0.05) is 24.3 Å². The van der Waals surface area contributed by atoms with Crippen LogP contribution in [0, 0.1) is 6.92 Å². The molecule has 2 N–H and O–H groups in total. The van der Waals surface area contributed by atoms with E-state index in [9.17, 15) is 5.11 Å². The third kappa shape index (κ3) is 4.86. The van der Waals surface area contributed by atoms with Crippen LogP contribution >= 0.6 is 11.8 Å². The summed E-state index contributed by atoms with van der Waals surface area (Å²) in [5.74, 6) is 2.13. The largest absolute Gasteiger partial charge is 0.390 e. The normalized spacial score (nSPS) is 18.7. The van der Waals surface area contributed by atoms with Gasteiger partial charge in [0.15, 0.2) is 0 Å². The molecule has 0 spiro atoms. The predicted octanol–water partition coefficient (Wildman–Crippen LogP) is 5.61.